The van der Waals surface area contributed by atoms with Gasteiger partial charge in [-0.1, -0.05) is 12.1 Å². The molecular formula is C24H25N9O2. The summed E-state index contributed by atoms with van der Waals surface area (Å²) in [7, 11) is 0. The Morgan fingerprint density at radius 3 is 2.57 bits per heavy atom. The van der Waals surface area contributed by atoms with Crippen molar-refractivity contribution in [3.05, 3.63) is 57.1 Å². The van der Waals surface area contributed by atoms with E-state index in [2.05, 4.69) is 43.5 Å². The molecule has 0 bridgehead atoms. The highest BCUT2D eigenvalue weighted by atomic mass is 16.3. The van der Waals surface area contributed by atoms with Crippen LogP contribution < -0.4 is 11.0 Å². The molecule has 1 aromatic carbocycles. The van der Waals surface area contributed by atoms with Gasteiger partial charge in [0.05, 0.1) is 23.9 Å². The van der Waals surface area contributed by atoms with Crippen LogP contribution in [-0.4, -0.2) is 68.4 Å². The Kier molecular flexibility index (Phi) is 5.13. The zero-order chi connectivity index (χ0) is 23.9. The Labute approximate surface area is 201 Å². The molecule has 35 heavy (non-hydrogen) atoms. The Hall–Kier alpha value is -4.33. The number of guanidine groups is 2. The maximum Gasteiger partial charge on any atom is 0.326 e. The zero-order valence-electron chi connectivity index (χ0n) is 19.0. The van der Waals surface area contributed by atoms with Crippen molar-refractivity contribution in [3.63, 3.8) is 0 Å². The summed E-state index contributed by atoms with van der Waals surface area (Å²) in [6, 6.07) is 10.4. The van der Waals surface area contributed by atoms with Crippen LogP contribution in [0.15, 0.2) is 49.7 Å². The van der Waals surface area contributed by atoms with Gasteiger partial charge in [-0.25, -0.2) is 19.8 Å². The quantitative estimate of drug-likeness (QED) is 0.535. The molecule has 11 heteroatoms. The predicted molar refractivity (Wildman–Crippen MR) is 131 cm³/mol. The van der Waals surface area contributed by atoms with E-state index in [1.165, 1.54) is 5.56 Å². The van der Waals surface area contributed by atoms with Crippen LogP contribution in [-0.2, 0) is 0 Å². The van der Waals surface area contributed by atoms with E-state index >= 15 is 0 Å². The molecule has 1 aliphatic carbocycles. The van der Waals surface area contributed by atoms with E-state index in [4.69, 9.17) is 15.2 Å². The SMILES string of the molecule is N#Cc1ccc(C2CCN(C3=NC4/C(=C/c5[nH]c(=O)[nH]c5O)C=NN4C(=NC4CC4)N3)CC2)cc1. The molecule has 1 atom stereocenters. The summed E-state index contributed by atoms with van der Waals surface area (Å²) in [5.41, 5.74) is 2.50. The molecule has 0 spiro atoms. The number of aromatic hydroxyl groups is 1. The molecule has 2 aromatic rings. The van der Waals surface area contributed by atoms with Gasteiger partial charge in [-0.3, -0.25) is 10.3 Å². The van der Waals surface area contributed by atoms with Crippen LogP contribution in [0.2, 0.25) is 0 Å². The first-order chi connectivity index (χ1) is 17.1. The van der Waals surface area contributed by atoms with Crippen molar-refractivity contribution in [1.29, 1.82) is 5.26 Å². The van der Waals surface area contributed by atoms with Gasteiger partial charge in [0.2, 0.25) is 17.8 Å². The van der Waals surface area contributed by atoms with E-state index in [0.717, 1.165) is 50.3 Å². The number of H-pyrrole nitrogens is 2. The van der Waals surface area contributed by atoms with Crippen molar-refractivity contribution in [2.45, 2.75) is 43.8 Å². The number of piperidine rings is 1. The summed E-state index contributed by atoms with van der Waals surface area (Å²) in [4.78, 5) is 28.5. The number of aromatic nitrogens is 2. The third-order valence-corrected chi connectivity index (χ3v) is 6.75. The third-order valence-electron chi connectivity index (χ3n) is 6.75. The summed E-state index contributed by atoms with van der Waals surface area (Å²) in [6.45, 7) is 1.68. The Bertz CT molecular complexity index is 1350. The number of hydrogen-bond donors (Lipinski definition) is 4. The molecule has 4 heterocycles. The Balaban J connectivity index is 1.24. The second-order valence-electron chi connectivity index (χ2n) is 9.21. The van der Waals surface area contributed by atoms with Crippen LogP contribution >= 0.6 is 0 Å². The van der Waals surface area contributed by atoms with Crippen LogP contribution in [0.1, 0.15) is 48.4 Å². The van der Waals surface area contributed by atoms with Gasteiger partial charge in [-0.05, 0) is 55.4 Å². The predicted octanol–water partition coefficient (Wildman–Crippen LogP) is 1.65. The highest BCUT2D eigenvalue weighted by Gasteiger charge is 2.37. The smallest absolute Gasteiger partial charge is 0.326 e. The van der Waals surface area contributed by atoms with Gasteiger partial charge in [0.25, 0.3) is 0 Å². The van der Waals surface area contributed by atoms with Crippen molar-refractivity contribution < 1.29 is 5.11 Å². The van der Waals surface area contributed by atoms with Gasteiger partial charge in [0, 0.05) is 18.7 Å². The average Bonchev–Trinajstić information content (AvgIpc) is 3.52. The van der Waals surface area contributed by atoms with E-state index in [9.17, 15) is 9.90 Å². The summed E-state index contributed by atoms with van der Waals surface area (Å²) in [5, 5.41) is 28.7. The molecular weight excluding hydrogens is 446 g/mol. The standard InChI is InChI=1S/C24H25N9O2/c25-12-14-1-3-15(4-2-14)16-7-9-32(10-8-16)22-29-20-17(11-19-21(34)30-24(35)28-19)13-26-33(20)23(31-22)27-18-5-6-18/h1-4,11,13,16,18,20,34H,5-10H2,(H,27,29,31)(H2,28,30,35)/b17-11+. The minimum atomic E-state index is -0.475. The summed E-state index contributed by atoms with van der Waals surface area (Å²) >= 11 is 0. The zero-order valence-corrected chi connectivity index (χ0v) is 19.0. The van der Waals surface area contributed by atoms with Gasteiger partial charge in [0.1, 0.15) is 5.69 Å². The van der Waals surface area contributed by atoms with Gasteiger partial charge in [-0.2, -0.15) is 10.4 Å². The molecule has 1 unspecified atom stereocenters. The molecule has 0 amide bonds. The number of fused-ring (bicyclic) bond motifs is 1. The fourth-order valence-electron chi connectivity index (χ4n) is 4.66. The molecule has 178 valence electrons. The van der Waals surface area contributed by atoms with Crippen LogP contribution in [0, 0.1) is 11.3 Å². The lowest BCUT2D eigenvalue weighted by Crippen LogP contribution is -2.56. The maximum absolute atomic E-state index is 11.5. The fraction of sp³-hybridized carbons (Fsp3) is 0.375. The van der Waals surface area contributed by atoms with Gasteiger partial charge < -0.3 is 15.0 Å². The number of nitrogens with zero attached hydrogens (tertiary/aromatic N) is 6. The van der Waals surface area contributed by atoms with Crippen molar-refractivity contribution in [3.8, 4) is 11.9 Å². The van der Waals surface area contributed by atoms with Crippen LogP contribution in [0.3, 0.4) is 0 Å². The molecule has 4 N–H and O–H groups in total. The number of rotatable bonds is 3. The lowest BCUT2D eigenvalue weighted by atomic mass is 9.89. The molecule has 3 aliphatic heterocycles. The average molecular weight is 472 g/mol. The molecule has 2 fully saturated rings. The largest absolute Gasteiger partial charge is 0.493 e. The van der Waals surface area contributed by atoms with Crippen LogP contribution in [0.25, 0.3) is 6.08 Å². The number of imidazole rings is 1. The molecule has 1 saturated heterocycles. The monoisotopic (exact) mass is 471 g/mol. The number of hydrogen-bond acceptors (Lipinski definition) is 7. The minimum Gasteiger partial charge on any atom is -0.493 e. The molecule has 6 rings (SSSR count). The first-order valence-electron chi connectivity index (χ1n) is 11.8. The summed E-state index contributed by atoms with van der Waals surface area (Å²) < 4.78 is 0. The number of benzene rings is 1. The summed E-state index contributed by atoms with van der Waals surface area (Å²) in [5.74, 6) is 1.65. The van der Waals surface area contributed by atoms with E-state index in [1.54, 1.807) is 17.3 Å². The van der Waals surface area contributed by atoms with E-state index < -0.39 is 11.9 Å². The second kappa shape index (κ2) is 8.47. The number of aromatic amines is 2. The fourth-order valence-corrected chi connectivity index (χ4v) is 4.66. The number of nitriles is 1. The topological polar surface area (TPSA) is 148 Å². The number of likely N-dealkylation sites (tertiary alicyclic amines) is 1. The lowest BCUT2D eigenvalue weighted by molar-refractivity contribution is 0.292. The lowest BCUT2D eigenvalue weighted by Gasteiger charge is -2.38. The first-order valence-corrected chi connectivity index (χ1v) is 11.8. The minimum absolute atomic E-state index is 0.218. The molecule has 4 aliphatic rings. The van der Waals surface area contributed by atoms with Crippen LogP contribution in [0.4, 0.5) is 0 Å². The highest BCUT2D eigenvalue weighted by Crippen LogP contribution is 2.31. The van der Waals surface area contributed by atoms with E-state index in [0.29, 0.717) is 23.5 Å². The van der Waals surface area contributed by atoms with Crippen molar-refractivity contribution in [2.75, 3.05) is 13.1 Å². The first kappa shape index (κ1) is 21.2. The van der Waals surface area contributed by atoms with E-state index in [-0.39, 0.29) is 11.6 Å². The number of nitrogens with one attached hydrogen (secondary N) is 3. The third kappa shape index (κ3) is 4.19. The van der Waals surface area contributed by atoms with Gasteiger partial charge in [-0.15, -0.1) is 0 Å². The normalized spacial score (nSPS) is 24.4. The highest BCUT2D eigenvalue weighted by molar-refractivity contribution is 6.04. The summed E-state index contributed by atoms with van der Waals surface area (Å²) in [6.07, 6.45) is 7.02. The van der Waals surface area contributed by atoms with Crippen molar-refractivity contribution >= 4 is 24.2 Å². The molecule has 0 radical (unpaired) electrons. The maximum atomic E-state index is 11.5. The second-order valence-corrected chi connectivity index (χ2v) is 9.21. The Morgan fingerprint density at radius 1 is 1.14 bits per heavy atom. The number of hydrazone groups is 1. The van der Waals surface area contributed by atoms with Crippen molar-refractivity contribution in [2.24, 2.45) is 15.1 Å². The molecule has 1 saturated carbocycles. The van der Waals surface area contributed by atoms with Crippen molar-refractivity contribution in [1.82, 2.24) is 25.2 Å². The molecule has 1 aromatic heterocycles. The van der Waals surface area contributed by atoms with Crippen LogP contribution in [0.5, 0.6) is 5.88 Å². The Morgan fingerprint density at radius 2 is 1.91 bits per heavy atom. The van der Waals surface area contributed by atoms with Gasteiger partial charge in [0.15, 0.2) is 6.17 Å². The number of aliphatic imine (C=N–C) groups is 2. The molecule has 11 nitrogen and oxygen atoms in total. The van der Waals surface area contributed by atoms with E-state index in [1.807, 2.05) is 12.1 Å². The van der Waals surface area contributed by atoms with Gasteiger partial charge >= 0.3 is 5.69 Å².